The molecule has 1 aliphatic rings. The number of nitrogens with two attached hydrogens (primary N) is 1. The molecule has 0 saturated carbocycles. The zero-order chi connectivity index (χ0) is 26.9. The second kappa shape index (κ2) is 9.98. The third-order valence-corrected chi connectivity index (χ3v) is 6.55. The van der Waals surface area contributed by atoms with E-state index in [1.54, 1.807) is 62.9 Å². The standard InChI is InChI=1S/C28H25FN4O5/c1-36-24-13-21-22(14-25(24)37-2)32-12-11-23(21)38-20-9-7-19(8-10-20)33(18-5-3-17(29)4-6-18)27(35)28(26(30)34)15-31-16-28/h3-14,31H,15-16H2,1-2H3,(H2,30,34). The molecule has 0 bridgehead atoms. The maximum absolute atomic E-state index is 13.6. The number of aromatic nitrogens is 1. The van der Waals surface area contributed by atoms with E-state index in [0.29, 0.717) is 39.9 Å². The lowest BCUT2D eigenvalue weighted by Crippen LogP contribution is -2.67. The summed E-state index contributed by atoms with van der Waals surface area (Å²) in [5.74, 6) is 0.472. The summed E-state index contributed by atoms with van der Waals surface area (Å²) < 4.78 is 30.6. The van der Waals surface area contributed by atoms with Crippen LogP contribution in [0, 0.1) is 11.2 Å². The highest BCUT2D eigenvalue weighted by Crippen LogP contribution is 2.38. The monoisotopic (exact) mass is 516 g/mol. The predicted octanol–water partition coefficient (Wildman–Crippen LogP) is 3.92. The Hall–Kier alpha value is -4.70. The molecule has 10 heteroatoms. The Kier molecular flexibility index (Phi) is 6.56. The number of hydrogen-bond donors (Lipinski definition) is 2. The molecule has 1 saturated heterocycles. The molecule has 1 fully saturated rings. The molecular formula is C28H25FN4O5. The van der Waals surface area contributed by atoms with Crippen LogP contribution in [0.25, 0.3) is 10.9 Å². The molecule has 2 amide bonds. The second-order valence-corrected chi connectivity index (χ2v) is 8.80. The zero-order valence-electron chi connectivity index (χ0n) is 20.7. The van der Waals surface area contributed by atoms with Crippen molar-refractivity contribution in [3.8, 4) is 23.0 Å². The van der Waals surface area contributed by atoms with Gasteiger partial charge in [0.05, 0.1) is 19.7 Å². The SMILES string of the molecule is COc1cc2nccc(Oc3ccc(N(C(=O)C4(C(N)=O)CNC4)c4ccc(F)cc4)cc3)c2cc1OC. The van der Waals surface area contributed by atoms with Crippen LogP contribution in [0.3, 0.4) is 0 Å². The van der Waals surface area contributed by atoms with E-state index >= 15 is 0 Å². The molecule has 0 aliphatic carbocycles. The van der Waals surface area contributed by atoms with Gasteiger partial charge in [0.1, 0.15) is 17.3 Å². The largest absolute Gasteiger partial charge is 0.493 e. The Morgan fingerprint density at radius 1 is 0.921 bits per heavy atom. The number of anilines is 2. The first-order valence-electron chi connectivity index (χ1n) is 11.8. The van der Waals surface area contributed by atoms with Gasteiger partial charge < -0.3 is 25.3 Å². The molecule has 1 aliphatic heterocycles. The normalized spacial score (nSPS) is 13.9. The highest BCUT2D eigenvalue weighted by Gasteiger charge is 2.52. The van der Waals surface area contributed by atoms with E-state index in [1.807, 2.05) is 0 Å². The molecule has 0 spiro atoms. The summed E-state index contributed by atoms with van der Waals surface area (Å²) in [5.41, 5.74) is 5.76. The van der Waals surface area contributed by atoms with Crippen LogP contribution >= 0.6 is 0 Å². The molecule has 5 rings (SSSR count). The van der Waals surface area contributed by atoms with E-state index in [0.717, 1.165) is 5.39 Å². The quantitative estimate of drug-likeness (QED) is 0.341. The summed E-state index contributed by atoms with van der Waals surface area (Å²) in [6.45, 7) is 0.257. The predicted molar refractivity (Wildman–Crippen MR) is 139 cm³/mol. The lowest BCUT2D eigenvalue weighted by atomic mass is 9.79. The first-order chi connectivity index (χ1) is 18.4. The zero-order valence-corrected chi connectivity index (χ0v) is 20.7. The summed E-state index contributed by atoms with van der Waals surface area (Å²) in [7, 11) is 3.10. The van der Waals surface area contributed by atoms with Crippen LogP contribution in [-0.2, 0) is 9.59 Å². The fraction of sp³-hybridized carbons (Fsp3) is 0.179. The average Bonchev–Trinajstić information content (AvgIpc) is 2.89. The van der Waals surface area contributed by atoms with E-state index in [9.17, 15) is 14.0 Å². The van der Waals surface area contributed by atoms with Crippen LogP contribution < -0.4 is 30.2 Å². The number of hydrogen-bond acceptors (Lipinski definition) is 7. The number of fused-ring (bicyclic) bond motifs is 1. The number of methoxy groups -OCH3 is 2. The molecule has 0 radical (unpaired) electrons. The van der Waals surface area contributed by atoms with Crippen molar-refractivity contribution in [2.75, 3.05) is 32.2 Å². The van der Waals surface area contributed by atoms with Gasteiger partial charge in [-0.05, 0) is 60.7 Å². The number of rotatable bonds is 8. The van der Waals surface area contributed by atoms with Crippen molar-refractivity contribution >= 4 is 34.1 Å². The summed E-state index contributed by atoms with van der Waals surface area (Å²) in [6.07, 6.45) is 1.63. The van der Waals surface area contributed by atoms with Gasteiger partial charge >= 0.3 is 0 Å². The van der Waals surface area contributed by atoms with Crippen molar-refractivity contribution in [3.05, 3.63) is 78.7 Å². The van der Waals surface area contributed by atoms with Gasteiger partial charge in [-0.15, -0.1) is 0 Å². The van der Waals surface area contributed by atoms with Crippen molar-refractivity contribution in [2.45, 2.75) is 0 Å². The Morgan fingerprint density at radius 2 is 1.53 bits per heavy atom. The summed E-state index contributed by atoms with van der Waals surface area (Å²) >= 11 is 0. The van der Waals surface area contributed by atoms with Crippen LogP contribution in [0.5, 0.6) is 23.0 Å². The minimum Gasteiger partial charge on any atom is -0.493 e. The number of carbonyl (C=O) groups is 2. The Morgan fingerprint density at radius 3 is 2.08 bits per heavy atom. The molecular weight excluding hydrogens is 491 g/mol. The van der Waals surface area contributed by atoms with Crippen LogP contribution in [0.15, 0.2) is 72.9 Å². The summed E-state index contributed by atoms with van der Waals surface area (Å²) in [6, 6.07) is 17.5. The fourth-order valence-corrected chi connectivity index (χ4v) is 4.32. The van der Waals surface area contributed by atoms with Crippen molar-refractivity contribution in [1.29, 1.82) is 0 Å². The lowest BCUT2D eigenvalue weighted by molar-refractivity contribution is -0.142. The number of pyridine rings is 1. The van der Waals surface area contributed by atoms with Crippen LogP contribution in [-0.4, -0.2) is 44.1 Å². The molecule has 4 aromatic rings. The maximum Gasteiger partial charge on any atom is 0.249 e. The number of nitrogens with zero attached hydrogens (tertiary/aromatic N) is 2. The number of carbonyl (C=O) groups excluding carboxylic acids is 2. The van der Waals surface area contributed by atoms with E-state index in [1.165, 1.54) is 29.2 Å². The summed E-state index contributed by atoms with van der Waals surface area (Å²) in [5, 5.41) is 3.67. The van der Waals surface area contributed by atoms with Crippen molar-refractivity contribution in [2.24, 2.45) is 11.1 Å². The number of benzene rings is 3. The summed E-state index contributed by atoms with van der Waals surface area (Å²) in [4.78, 5) is 31.6. The van der Waals surface area contributed by atoms with Crippen molar-refractivity contribution in [1.82, 2.24) is 10.3 Å². The van der Waals surface area contributed by atoms with Gasteiger partial charge in [-0.2, -0.15) is 0 Å². The van der Waals surface area contributed by atoms with Crippen LogP contribution in [0.1, 0.15) is 0 Å². The van der Waals surface area contributed by atoms with Crippen molar-refractivity contribution < 1.29 is 28.2 Å². The van der Waals surface area contributed by atoms with E-state index in [-0.39, 0.29) is 13.1 Å². The van der Waals surface area contributed by atoms with Crippen molar-refractivity contribution in [3.63, 3.8) is 0 Å². The van der Waals surface area contributed by atoms with Gasteiger partial charge in [0, 0.05) is 42.1 Å². The van der Waals surface area contributed by atoms with E-state index in [4.69, 9.17) is 19.9 Å². The smallest absolute Gasteiger partial charge is 0.249 e. The van der Waals surface area contributed by atoms with Gasteiger partial charge in [-0.25, -0.2) is 4.39 Å². The minimum absolute atomic E-state index is 0.128. The van der Waals surface area contributed by atoms with Gasteiger partial charge in [0.25, 0.3) is 0 Å². The fourth-order valence-electron chi connectivity index (χ4n) is 4.32. The average molecular weight is 517 g/mol. The number of amides is 2. The molecule has 0 atom stereocenters. The molecule has 2 heterocycles. The van der Waals surface area contributed by atoms with E-state index < -0.39 is 23.0 Å². The molecule has 3 aromatic carbocycles. The van der Waals surface area contributed by atoms with Gasteiger partial charge in [0.15, 0.2) is 16.9 Å². The highest BCUT2D eigenvalue weighted by atomic mass is 19.1. The lowest BCUT2D eigenvalue weighted by Gasteiger charge is -2.41. The number of nitrogens with one attached hydrogen (secondary N) is 1. The molecule has 1 aromatic heterocycles. The highest BCUT2D eigenvalue weighted by molar-refractivity contribution is 6.15. The number of primary amides is 1. The maximum atomic E-state index is 13.6. The van der Waals surface area contributed by atoms with Gasteiger partial charge in [0.2, 0.25) is 11.8 Å². The molecule has 194 valence electrons. The first-order valence-corrected chi connectivity index (χ1v) is 11.8. The number of ether oxygens (including phenoxy) is 3. The molecule has 3 N–H and O–H groups in total. The van der Waals surface area contributed by atoms with Gasteiger partial charge in [-0.1, -0.05) is 0 Å². The Bertz CT molecular complexity index is 1500. The Balaban J connectivity index is 1.49. The third kappa shape index (κ3) is 4.35. The Labute approximate surface area is 217 Å². The second-order valence-electron chi connectivity index (χ2n) is 8.80. The van der Waals surface area contributed by atoms with Gasteiger partial charge in [-0.3, -0.25) is 19.5 Å². The van der Waals surface area contributed by atoms with Crippen LogP contribution in [0.2, 0.25) is 0 Å². The topological polar surface area (TPSA) is 116 Å². The first kappa shape index (κ1) is 25.0. The third-order valence-electron chi connectivity index (χ3n) is 6.55. The minimum atomic E-state index is -1.39. The molecule has 0 unspecified atom stereocenters. The van der Waals surface area contributed by atoms with E-state index in [2.05, 4.69) is 10.3 Å². The molecule has 9 nitrogen and oxygen atoms in total. The number of halogens is 1. The molecule has 38 heavy (non-hydrogen) atoms. The van der Waals surface area contributed by atoms with Crippen LogP contribution in [0.4, 0.5) is 15.8 Å².